The van der Waals surface area contributed by atoms with E-state index in [9.17, 15) is 23.2 Å². The second-order valence-electron chi connectivity index (χ2n) is 6.22. The van der Waals surface area contributed by atoms with E-state index in [-0.39, 0.29) is 39.6 Å². The van der Waals surface area contributed by atoms with Crippen LogP contribution in [-0.4, -0.2) is 47.7 Å². The zero-order valence-electron chi connectivity index (χ0n) is 17.5. The Balaban J connectivity index is 2.62. The monoisotopic (exact) mass is 454 g/mol. The Labute approximate surface area is 181 Å². The maximum absolute atomic E-state index is 13.0. The number of thiazole rings is 1. The van der Waals surface area contributed by atoms with E-state index in [1.54, 1.807) is 17.9 Å². The van der Waals surface area contributed by atoms with E-state index in [2.05, 4.69) is 4.74 Å². The molecule has 0 saturated heterocycles. The molecular formula is C21H24F2N2O5S. The lowest BCUT2D eigenvalue weighted by atomic mass is 10.2. The van der Waals surface area contributed by atoms with Crippen molar-refractivity contribution in [2.24, 2.45) is 0 Å². The molecule has 1 aromatic carbocycles. The molecule has 0 unspecified atom stereocenters. The number of esters is 1. The van der Waals surface area contributed by atoms with Crippen LogP contribution in [-0.2, 0) is 20.9 Å². The van der Waals surface area contributed by atoms with E-state index in [0.29, 0.717) is 13.1 Å². The first-order valence-electron chi connectivity index (χ1n) is 9.72. The predicted molar refractivity (Wildman–Crippen MR) is 113 cm³/mol. The highest BCUT2D eigenvalue weighted by Crippen LogP contribution is 2.20. The van der Waals surface area contributed by atoms with Crippen molar-refractivity contribution in [2.75, 3.05) is 19.7 Å². The number of halogens is 2. The van der Waals surface area contributed by atoms with E-state index in [4.69, 9.17) is 4.74 Å². The molecule has 168 valence electrons. The van der Waals surface area contributed by atoms with Gasteiger partial charge in [-0.3, -0.25) is 14.2 Å². The van der Waals surface area contributed by atoms with E-state index in [1.807, 2.05) is 13.8 Å². The fourth-order valence-electron chi connectivity index (χ4n) is 2.83. The average molecular weight is 454 g/mol. The number of carbonyl (C=O) groups is 2. The van der Waals surface area contributed by atoms with Crippen molar-refractivity contribution < 1.29 is 27.8 Å². The van der Waals surface area contributed by atoms with Gasteiger partial charge in [0.1, 0.15) is 17.0 Å². The normalized spacial score (nSPS) is 12.3. The molecule has 1 amide bonds. The summed E-state index contributed by atoms with van der Waals surface area (Å²) in [6.45, 7) is 3.12. The molecule has 0 aliphatic carbocycles. The van der Waals surface area contributed by atoms with Crippen LogP contribution in [0.5, 0.6) is 5.75 Å². The van der Waals surface area contributed by atoms with E-state index in [0.717, 1.165) is 17.4 Å². The van der Waals surface area contributed by atoms with Crippen LogP contribution in [0.15, 0.2) is 29.1 Å². The highest BCUT2D eigenvalue weighted by Gasteiger charge is 2.15. The largest absolute Gasteiger partial charge is 0.463 e. The molecule has 0 bridgehead atoms. The minimum atomic E-state index is -3.02. The van der Waals surface area contributed by atoms with Crippen LogP contribution in [0.25, 0.3) is 12.2 Å². The summed E-state index contributed by atoms with van der Waals surface area (Å²) < 4.78 is 36.4. The minimum Gasteiger partial charge on any atom is -0.463 e. The maximum Gasteiger partial charge on any atom is 0.387 e. The third-order valence-electron chi connectivity index (χ3n) is 4.30. The second-order valence-corrected chi connectivity index (χ2v) is 7.28. The number of hydrogen-bond donors (Lipinski definition) is 0. The molecule has 0 N–H and O–H groups in total. The Hall–Kier alpha value is -3.01. The number of aromatic nitrogens is 1. The lowest BCUT2D eigenvalue weighted by Gasteiger charge is -2.18. The van der Waals surface area contributed by atoms with Crippen molar-refractivity contribution in [1.82, 2.24) is 9.47 Å². The number of para-hydroxylation sites is 1. The Kier molecular flexibility index (Phi) is 8.92. The van der Waals surface area contributed by atoms with Gasteiger partial charge in [-0.1, -0.05) is 18.2 Å². The van der Waals surface area contributed by atoms with Crippen LogP contribution in [0, 0.1) is 0 Å². The third kappa shape index (κ3) is 6.48. The Bertz CT molecular complexity index is 1090. The smallest absolute Gasteiger partial charge is 0.387 e. The molecule has 0 spiro atoms. The summed E-state index contributed by atoms with van der Waals surface area (Å²) in [5.74, 6) is -1.02. The summed E-state index contributed by atoms with van der Waals surface area (Å²) >= 11 is 0.956. The molecule has 31 heavy (non-hydrogen) atoms. The number of nitrogens with zero attached hydrogens (tertiary/aromatic N) is 2. The van der Waals surface area contributed by atoms with Crippen LogP contribution in [0.1, 0.15) is 26.3 Å². The van der Waals surface area contributed by atoms with Crippen LogP contribution in [0.3, 0.4) is 0 Å². The molecule has 0 fully saturated rings. The molecular weight excluding hydrogens is 430 g/mol. The zero-order chi connectivity index (χ0) is 23.0. The van der Waals surface area contributed by atoms with Gasteiger partial charge in [0.15, 0.2) is 0 Å². The first kappa shape index (κ1) is 24.3. The molecule has 2 aromatic rings. The van der Waals surface area contributed by atoms with Crippen molar-refractivity contribution in [3.8, 4) is 5.75 Å². The molecule has 10 heteroatoms. The first-order valence-corrected chi connectivity index (χ1v) is 10.5. The number of carbonyl (C=O) groups excluding carboxylic acids is 2. The predicted octanol–water partition coefficient (Wildman–Crippen LogP) is 1.55. The fourth-order valence-corrected chi connectivity index (χ4v) is 3.85. The van der Waals surface area contributed by atoms with Crippen LogP contribution < -0.4 is 19.5 Å². The Morgan fingerprint density at radius 3 is 2.48 bits per heavy atom. The van der Waals surface area contributed by atoms with Crippen molar-refractivity contribution in [2.45, 2.75) is 33.9 Å². The van der Waals surface area contributed by atoms with Gasteiger partial charge in [0.25, 0.3) is 5.56 Å². The van der Waals surface area contributed by atoms with Gasteiger partial charge >= 0.3 is 12.6 Å². The highest BCUT2D eigenvalue weighted by molar-refractivity contribution is 7.07. The summed E-state index contributed by atoms with van der Waals surface area (Å²) in [4.78, 5) is 39.1. The maximum atomic E-state index is 13.0. The summed E-state index contributed by atoms with van der Waals surface area (Å²) in [5.41, 5.74) is -0.251. The van der Waals surface area contributed by atoms with E-state index < -0.39 is 18.1 Å². The number of amides is 1. The number of rotatable bonds is 9. The van der Waals surface area contributed by atoms with Gasteiger partial charge in [0.05, 0.1) is 17.2 Å². The van der Waals surface area contributed by atoms with Crippen molar-refractivity contribution in [1.29, 1.82) is 0 Å². The molecule has 0 aliphatic heterocycles. The van der Waals surface area contributed by atoms with Crippen molar-refractivity contribution >= 4 is 35.4 Å². The van der Waals surface area contributed by atoms with Gasteiger partial charge in [-0.2, -0.15) is 8.78 Å². The minimum absolute atomic E-state index is 0.0908. The summed E-state index contributed by atoms with van der Waals surface area (Å²) in [6.07, 6.45) is 2.54. The zero-order valence-corrected chi connectivity index (χ0v) is 18.3. The number of alkyl halides is 2. The summed E-state index contributed by atoms with van der Waals surface area (Å²) in [7, 11) is 0. The van der Waals surface area contributed by atoms with Crippen LogP contribution in [0.4, 0.5) is 8.78 Å². The molecule has 0 radical (unpaired) electrons. The first-order chi connectivity index (χ1) is 14.8. The molecule has 1 aromatic heterocycles. The van der Waals surface area contributed by atoms with E-state index >= 15 is 0 Å². The fraction of sp³-hybridized carbons (Fsp3) is 0.381. The molecule has 7 nitrogen and oxygen atoms in total. The average Bonchev–Trinajstić information content (AvgIpc) is 2.99. The van der Waals surface area contributed by atoms with Gasteiger partial charge in [-0.15, -0.1) is 11.3 Å². The Morgan fingerprint density at radius 2 is 1.87 bits per heavy atom. The number of hydrogen-bond acceptors (Lipinski definition) is 6. The highest BCUT2D eigenvalue weighted by atomic mass is 32.1. The van der Waals surface area contributed by atoms with E-state index in [1.165, 1.54) is 28.8 Å². The van der Waals surface area contributed by atoms with Gasteiger partial charge in [-0.05, 0) is 32.9 Å². The number of benzene rings is 1. The topological polar surface area (TPSA) is 77.8 Å². The summed E-state index contributed by atoms with van der Waals surface area (Å²) in [5, 5.41) is 0. The lowest BCUT2D eigenvalue weighted by Crippen LogP contribution is -2.40. The molecule has 2 rings (SSSR count). The van der Waals surface area contributed by atoms with Crippen molar-refractivity contribution in [3.05, 3.63) is 49.4 Å². The molecule has 0 aliphatic rings. The summed E-state index contributed by atoms with van der Waals surface area (Å²) in [6, 6.07) is 6.03. The molecule has 0 saturated carbocycles. The van der Waals surface area contributed by atoms with Crippen molar-refractivity contribution in [3.63, 3.8) is 0 Å². The molecule has 1 heterocycles. The van der Waals surface area contributed by atoms with Gasteiger partial charge in [-0.25, -0.2) is 4.79 Å². The van der Waals surface area contributed by atoms with Gasteiger partial charge < -0.3 is 14.4 Å². The standard InChI is InChI=1S/C21H24F2N2O5S/c1-4-24(5-2)17(26)13-25-18(12-19(27)29-6-3)31-16(20(25)28)11-14-9-7-8-10-15(14)30-21(22)23/h7-12,21H,4-6,13H2,1-3H3. The Morgan fingerprint density at radius 1 is 1.19 bits per heavy atom. The number of likely N-dealkylation sites (N-methyl/N-ethyl adjacent to an activating group) is 1. The van der Waals surface area contributed by atoms with Crippen LogP contribution >= 0.6 is 11.3 Å². The van der Waals surface area contributed by atoms with Crippen LogP contribution in [0.2, 0.25) is 0 Å². The van der Waals surface area contributed by atoms with Gasteiger partial charge in [0.2, 0.25) is 5.91 Å². The lowest BCUT2D eigenvalue weighted by molar-refractivity contribution is -0.135. The quantitative estimate of drug-likeness (QED) is 0.538. The second kappa shape index (κ2) is 11.4. The van der Waals surface area contributed by atoms with Gasteiger partial charge in [0, 0.05) is 18.7 Å². The number of ether oxygens (including phenoxy) is 2. The third-order valence-corrected chi connectivity index (χ3v) is 5.36. The SMILES string of the molecule is CCOC(=O)C=c1sc(=Cc2ccccc2OC(F)F)c(=O)n1CC(=O)N(CC)CC. The molecule has 0 atom stereocenters.